The van der Waals surface area contributed by atoms with E-state index in [-0.39, 0.29) is 37.0 Å². The maximum absolute atomic E-state index is 13.5. The summed E-state index contributed by atoms with van der Waals surface area (Å²) in [5, 5.41) is 0.802. The van der Waals surface area contributed by atoms with E-state index < -0.39 is 15.8 Å². The number of nitrogens with zero attached hydrogens (tertiary/aromatic N) is 3. The number of aromatic nitrogens is 1. The van der Waals surface area contributed by atoms with Crippen LogP contribution in [-0.2, 0) is 10.0 Å². The van der Waals surface area contributed by atoms with Crippen LogP contribution in [0.15, 0.2) is 47.4 Å². The molecule has 2 heterocycles. The Labute approximate surface area is 191 Å². The number of rotatable bonds is 4. The van der Waals surface area contributed by atoms with E-state index in [0.717, 1.165) is 22.2 Å². The van der Waals surface area contributed by atoms with Crippen LogP contribution < -0.4 is 0 Å². The summed E-state index contributed by atoms with van der Waals surface area (Å²) in [6.07, 6.45) is 0. The molecule has 0 aliphatic carbocycles. The molecule has 0 bridgehead atoms. The van der Waals surface area contributed by atoms with Crippen LogP contribution >= 0.6 is 11.3 Å². The number of hydrogen-bond acceptors (Lipinski definition) is 5. The highest BCUT2D eigenvalue weighted by Crippen LogP contribution is 2.31. The number of hydrogen-bond donors (Lipinski definition) is 0. The molecule has 9 heteroatoms. The highest BCUT2D eigenvalue weighted by atomic mass is 32.2. The Balaban J connectivity index is 1.49. The van der Waals surface area contributed by atoms with Crippen LogP contribution in [0.5, 0.6) is 0 Å². The number of benzene rings is 2. The van der Waals surface area contributed by atoms with Crippen LogP contribution in [0.4, 0.5) is 4.39 Å². The monoisotopic (exact) mass is 473 g/mol. The van der Waals surface area contributed by atoms with Gasteiger partial charge in [-0.05, 0) is 44.5 Å². The topological polar surface area (TPSA) is 70.6 Å². The molecule has 1 amide bonds. The maximum atomic E-state index is 13.5. The number of halogens is 1. The van der Waals surface area contributed by atoms with Crippen LogP contribution in [0.2, 0.25) is 0 Å². The lowest BCUT2D eigenvalue weighted by Crippen LogP contribution is -2.50. The van der Waals surface area contributed by atoms with Crippen LogP contribution in [0.3, 0.4) is 0 Å². The molecule has 1 aliphatic heterocycles. The highest BCUT2D eigenvalue weighted by Gasteiger charge is 2.32. The number of carbonyl (C=O) groups is 1. The summed E-state index contributed by atoms with van der Waals surface area (Å²) in [6, 6.07) is 11.1. The molecule has 1 aliphatic rings. The molecule has 0 atom stereocenters. The van der Waals surface area contributed by atoms with Crippen molar-refractivity contribution in [3.05, 3.63) is 70.0 Å². The largest absolute Gasteiger partial charge is 0.335 e. The smallest absolute Gasteiger partial charge is 0.265 e. The van der Waals surface area contributed by atoms with Crippen molar-refractivity contribution in [1.82, 2.24) is 14.2 Å². The maximum Gasteiger partial charge on any atom is 0.265 e. The molecule has 2 aromatic carbocycles. The molecule has 1 aromatic heterocycles. The fraction of sp³-hybridized carbons (Fsp3) is 0.304. The van der Waals surface area contributed by atoms with Gasteiger partial charge in [0.25, 0.3) is 5.91 Å². The van der Waals surface area contributed by atoms with Gasteiger partial charge in [-0.1, -0.05) is 29.8 Å². The third kappa shape index (κ3) is 4.32. The van der Waals surface area contributed by atoms with Crippen molar-refractivity contribution in [1.29, 1.82) is 0 Å². The normalized spacial score (nSPS) is 15.2. The number of carbonyl (C=O) groups excluding carboxylic acids is 1. The predicted molar refractivity (Wildman–Crippen MR) is 123 cm³/mol. The van der Waals surface area contributed by atoms with Gasteiger partial charge < -0.3 is 4.90 Å². The van der Waals surface area contributed by atoms with Crippen molar-refractivity contribution in [3.8, 4) is 10.6 Å². The van der Waals surface area contributed by atoms with E-state index in [2.05, 4.69) is 11.1 Å². The van der Waals surface area contributed by atoms with Crippen molar-refractivity contribution in [2.75, 3.05) is 26.2 Å². The van der Waals surface area contributed by atoms with Crippen molar-refractivity contribution in [3.63, 3.8) is 0 Å². The number of piperazine rings is 1. The van der Waals surface area contributed by atoms with E-state index in [1.807, 2.05) is 32.9 Å². The molecular weight excluding hydrogens is 449 g/mol. The van der Waals surface area contributed by atoms with E-state index in [4.69, 9.17) is 0 Å². The van der Waals surface area contributed by atoms with Crippen LogP contribution in [0, 0.1) is 26.6 Å². The molecule has 0 N–H and O–H groups in total. The lowest BCUT2D eigenvalue weighted by Gasteiger charge is -2.33. The zero-order valence-electron chi connectivity index (χ0n) is 18.1. The third-order valence-corrected chi connectivity index (χ3v) is 8.64. The lowest BCUT2D eigenvalue weighted by atomic mass is 10.1. The minimum absolute atomic E-state index is 0.0753. The zero-order valence-corrected chi connectivity index (χ0v) is 19.8. The van der Waals surface area contributed by atoms with E-state index in [1.165, 1.54) is 39.4 Å². The summed E-state index contributed by atoms with van der Waals surface area (Å²) in [4.78, 5) is 19.9. The summed E-state index contributed by atoms with van der Waals surface area (Å²) in [5.74, 6) is -0.737. The van der Waals surface area contributed by atoms with Gasteiger partial charge >= 0.3 is 0 Å². The number of sulfonamides is 1. The highest BCUT2D eigenvalue weighted by molar-refractivity contribution is 7.89. The summed E-state index contributed by atoms with van der Waals surface area (Å²) >= 11 is 1.36. The number of amides is 1. The van der Waals surface area contributed by atoms with Gasteiger partial charge in [0.1, 0.15) is 15.7 Å². The van der Waals surface area contributed by atoms with Crippen molar-refractivity contribution < 1.29 is 17.6 Å². The molecule has 4 rings (SSSR count). The van der Waals surface area contributed by atoms with E-state index >= 15 is 0 Å². The quantitative estimate of drug-likeness (QED) is 0.574. The first-order chi connectivity index (χ1) is 15.2. The molecule has 1 saturated heterocycles. The minimum Gasteiger partial charge on any atom is -0.335 e. The second-order valence-electron chi connectivity index (χ2n) is 7.91. The Hall–Kier alpha value is -2.62. The number of aryl methyl sites for hydroxylation is 3. The summed E-state index contributed by atoms with van der Waals surface area (Å²) in [5.41, 5.74) is 3.95. The predicted octanol–water partition coefficient (Wildman–Crippen LogP) is 4.02. The van der Waals surface area contributed by atoms with Gasteiger partial charge in [0.05, 0.1) is 10.6 Å². The van der Waals surface area contributed by atoms with Crippen LogP contribution in [-0.4, -0.2) is 54.7 Å². The van der Waals surface area contributed by atoms with E-state index in [0.29, 0.717) is 10.6 Å². The van der Waals surface area contributed by atoms with Gasteiger partial charge in [-0.15, -0.1) is 11.3 Å². The Morgan fingerprint density at radius 2 is 1.75 bits per heavy atom. The van der Waals surface area contributed by atoms with Crippen molar-refractivity contribution in [2.24, 2.45) is 0 Å². The molecule has 0 radical (unpaired) electrons. The standard InChI is InChI=1S/C23H24FN3O3S2/c1-15-7-8-20(16(2)13-15)22-25-17(3)21(31-22)23(28)26-9-11-27(12-10-26)32(29,30)19-6-4-5-18(24)14-19/h4-8,13-14H,9-12H2,1-3H3. The first-order valence-electron chi connectivity index (χ1n) is 10.3. The molecule has 0 saturated carbocycles. The average molecular weight is 474 g/mol. The first kappa shape index (κ1) is 22.6. The summed E-state index contributed by atoms with van der Waals surface area (Å²) in [6.45, 7) is 6.74. The molecule has 3 aromatic rings. The molecule has 168 valence electrons. The zero-order chi connectivity index (χ0) is 23.0. The molecular formula is C23H24FN3O3S2. The van der Waals surface area contributed by atoms with Crippen molar-refractivity contribution in [2.45, 2.75) is 25.7 Å². The minimum atomic E-state index is -3.80. The second kappa shape index (κ2) is 8.73. The molecule has 0 spiro atoms. The Morgan fingerprint density at radius 1 is 1.03 bits per heavy atom. The second-order valence-corrected chi connectivity index (χ2v) is 10.8. The fourth-order valence-corrected chi connectivity index (χ4v) is 6.39. The fourth-order valence-electron chi connectivity index (χ4n) is 3.82. The Bertz CT molecular complexity index is 1280. The number of thiazole rings is 1. The first-order valence-corrected chi connectivity index (χ1v) is 12.5. The van der Waals surface area contributed by atoms with E-state index in [1.54, 1.807) is 4.90 Å². The van der Waals surface area contributed by atoms with Gasteiger partial charge in [0.2, 0.25) is 10.0 Å². The Morgan fingerprint density at radius 3 is 2.41 bits per heavy atom. The molecule has 0 unspecified atom stereocenters. The SMILES string of the molecule is Cc1ccc(-c2nc(C)c(C(=O)N3CCN(S(=O)(=O)c4cccc(F)c4)CC3)s2)c(C)c1. The molecule has 32 heavy (non-hydrogen) atoms. The van der Waals surface area contributed by atoms with Crippen LogP contribution in [0.1, 0.15) is 26.5 Å². The van der Waals surface area contributed by atoms with Gasteiger partial charge in [-0.2, -0.15) is 4.31 Å². The summed E-state index contributed by atoms with van der Waals surface area (Å²) in [7, 11) is -3.80. The van der Waals surface area contributed by atoms with Crippen molar-refractivity contribution >= 4 is 27.3 Å². The third-order valence-electron chi connectivity index (χ3n) is 5.56. The van der Waals surface area contributed by atoms with Gasteiger partial charge in [0, 0.05) is 31.7 Å². The lowest BCUT2D eigenvalue weighted by molar-refractivity contribution is 0.0702. The van der Waals surface area contributed by atoms with Gasteiger partial charge in [-0.3, -0.25) is 4.79 Å². The Kier molecular flexibility index (Phi) is 6.15. The summed E-state index contributed by atoms with van der Waals surface area (Å²) < 4.78 is 40.4. The van der Waals surface area contributed by atoms with E-state index in [9.17, 15) is 17.6 Å². The molecule has 1 fully saturated rings. The molecule has 6 nitrogen and oxygen atoms in total. The van der Waals surface area contributed by atoms with Gasteiger partial charge in [0.15, 0.2) is 0 Å². The van der Waals surface area contributed by atoms with Gasteiger partial charge in [-0.25, -0.2) is 17.8 Å². The average Bonchev–Trinajstić information content (AvgIpc) is 3.14. The van der Waals surface area contributed by atoms with Crippen LogP contribution in [0.25, 0.3) is 10.6 Å².